The van der Waals surface area contributed by atoms with Gasteiger partial charge in [-0.2, -0.15) is 0 Å². The summed E-state index contributed by atoms with van der Waals surface area (Å²) in [6.07, 6.45) is 7.18. The summed E-state index contributed by atoms with van der Waals surface area (Å²) in [7, 11) is -1.85. The summed E-state index contributed by atoms with van der Waals surface area (Å²) in [4.78, 5) is 12.6. The molecular formula is C19H20O5S. The van der Waals surface area contributed by atoms with Crippen molar-refractivity contribution in [2.24, 2.45) is 0 Å². The number of carbonyl (C=O) groups excluding carboxylic acids is 1. The SMILES string of the molecule is C=C/C=C\C(=C/C)C1=C(c2ccc(S(C)(=O)=O)cc2)C(OC)OC1=O. The van der Waals surface area contributed by atoms with Crippen LogP contribution in [0.2, 0.25) is 0 Å². The number of ether oxygens (including phenoxy) is 2. The van der Waals surface area contributed by atoms with Crippen molar-refractivity contribution in [1.82, 2.24) is 0 Å². The molecule has 0 fully saturated rings. The van der Waals surface area contributed by atoms with Gasteiger partial charge in [0, 0.05) is 18.9 Å². The molecule has 1 aromatic carbocycles. The molecule has 1 atom stereocenters. The Morgan fingerprint density at radius 1 is 1.28 bits per heavy atom. The molecule has 132 valence electrons. The molecule has 25 heavy (non-hydrogen) atoms. The first-order valence-corrected chi connectivity index (χ1v) is 9.46. The van der Waals surface area contributed by atoms with Crippen LogP contribution in [0, 0.1) is 0 Å². The van der Waals surface area contributed by atoms with Crippen LogP contribution in [0.25, 0.3) is 5.57 Å². The summed E-state index contributed by atoms with van der Waals surface area (Å²) in [6, 6.07) is 6.29. The first-order valence-electron chi connectivity index (χ1n) is 7.57. The first kappa shape index (κ1) is 18.9. The van der Waals surface area contributed by atoms with Crippen molar-refractivity contribution < 1.29 is 22.7 Å². The maximum atomic E-state index is 12.4. The van der Waals surface area contributed by atoms with Crippen molar-refractivity contribution in [3.8, 4) is 0 Å². The molecule has 0 aromatic heterocycles. The Morgan fingerprint density at radius 3 is 2.40 bits per heavy atom. The van der Waals surface area contributed by atoms with E-state index in [4.69, 9.17) is 9.47 Å². The predicted molar refractivity (Wildman–Crippen MR) is 96.5 cm³/mol. The second-order valence-electron chi connectivity index (χ2n) is 5.40. The lowest BCUT2D eigenvalue weighted by atomic mass is 9.95. The Kier molecular flexibility index (Phi) is 5.77. The molecule has 2 rings (SSSR count). The van der Waals surface area contributed by atoms with E-state index in [0.29, 0.717) is 22.3 Å². The summed E-state index contributed by atoms with van der Waals surface area (Å²) < 4.78 is 33.8. The number of esters is 1. The van der Waals surface area contributed by atoms with E-state index < -0.39 is 22.1 Å². The second kappa shape index (κ2) is 7.63. The van der Waals surface area contributed by atoms with E-state index in [9.17, 15) is 13.2 Å². The Morgan fingerprint density at radius 2 is 1.92 bits per heavy atom. The van der Waals surface area contributed by atoms with Crippen LogP contribution < -0.4 is 0 Å². The van der Waals surface area contributed by atoms with Gasteiger partial charge in [-0.05, 0) is 30.2 Å². The third-order valence-electron chi connectivity index (χ3n) is 3.74. The number of benzene rings is 1. The number of allylic oxidation sites excluding steroid dienone is 4. The topological polar surface area (TPSA) is 69.7 Å². The lowest BCUT2D eigenvalue weighted by Crippen LogP contribution is -2.13. The van der Waals surface area contributed by atoms with Crippen LogP contribution in [0.4, 0.5) is 0 Å². The number of rotatable bonds is 6. The predicted octanol–water partition coefficient (Wildman–Crippen LogP) is 3.06. The summed E-state index contributed by atoms with van der Waals surface area (Å²) >= 11 is 0. The highest BCUT2D eigenvalue weighted by molar-refractivity contribution is 7.90. The number of cyclic esters (lactones) is 1. The van der Waals surface area contributed by atoms with Crippen molar-refractivity contribution in [3.63, 3.8) is 0 Å². The Labute approximate surface area is 147 Å². The van der Waals surface area contributed by atoms with Crippen LogP contribution in [0.5, 0.6) is 0 Å². The van der Waals surface area contributed by atoms with Crippen LogP contribution in [-0.2, 0) is 24.1 Å². The molecule has 6 heteroatoms. The van der Waals surface area contributed by atoms with Gasteiger partial charge < -0.3 is 9.47 Å². The van der Waals surface area contributed by atoms with Crippen molar-refractivity contribution in [2.75, 3.05) is 13.4 Å². The van der Waals surface area contributed by atoms with Gasteiger partial charge in [-0.3, -0.25) is 0 Å². The van der Waals surface area contributed by atoms with E-state index in [1.54, 1.807) is 36.4 Å². The Hall–Kier alpha value is -2.44. The lowest BCUT2D eigenvalue weighted by Gasteiger charge is -2.13. The highest BCUT2D eigenvalue weighted by Crippen LogP contribution is 2.36. The monoisotopic (exact) mass is 360 g/mol. The standard InChI is InChI=1S/C19H20O5S/c1-5-7-8-13(6-2)16-17(19(23-3)24-18(16)20)14-9-11-15(12-10-14)25(4,21)22/h5-12,19H,1H2,2-4H3/b8-7-,13-6+. The van der Waals surface area contributed by atoms with Crippen molar-refractivity contribution >= 4 is 21.4 Å². The van der Waals surface area contributed by atoms with Gasteiger partial charge >= 0.3 is 5.97 Å². The van der Waals surface area contributed by atoms with Crippen molar-refractivity contribution in [3.05, 3.63) is 71.9 Å². The Bertz CT molecular complexity index is 871. The van der Waals surface area contributed by atoms with Gasteiger partial charge in [-0.1, -0.05) is 43.0 Å². The molecule has 0 aliphatic carbocycles. The summed E-state index contributed by atoms with van der Waals surface area (Å²) in [5.74, 6) is -0.490. The minimum absolute atomic E-state index is 0.204. The fraction of sp³-hybridized carbons (Fsp3) is 0.211. The van der Waals surface area contributed by atoms with Gasteiger partial charge in [0.15, 0.2) is 9.84 Å². The molecular weight excluding hydrogens is 340 g/mol. The zero-order valence-corrected chi connectivity index (χ0v) is 15.2. The molecule has 1 aromatic rings. The van der Waals surface area contributed by atoms with E-state index in [1.807, 2.05) is 6.92 Å². The van der Waals surface area contributed by atoms with E-state index in [0.717, 1.165) is 6.26 Å². The van der Waals surface area contributed by atoms with Gasteiger partial charge in [0.05, 0.1) is 10.5 Å². The molecule has 1 aliphatic heterocycles. The second-order valence-corrected chi connectivity index (χ2v) is 7.41. The van der Waals surface area contributed by atoms with E-state index in [2.05, 4.69) is 6.58 Å². The van der Waals surface area contributed by atoms with Gasteiger partial charge in [0.1, 0.15) is 0 Å². The average Bonchev–Trinajstić information content (AvgIpc) is 2.91. The summed E-state index contributed by atoms with van der Waals surface area (Å²) in [5, 5.41) is 0. The minimum Gasteiger partial charge on any atom is -0.428 e. The van der Waals surface area contributed by atoms with Crippen LogP contribution in [0.15, 0.2) is 71.2 Å². The highest BCUT2D eigenvalue weighted by Gasteiger charge is 2.36. The molecule has 0 N–H and O–H groups in total. The molecule has 1 aliphatic rings. The van der Waals surface area contributed by atoms with Gasteiger partial charge in [0.25, 0.3) is 0 Å². The zero-order chi connectivity index (χ0) is 18.6. The molecule has 0 bridgehead atoms. The number of methoxy groups -OCH3 is 1. The molecule has 0 amide bonds. The molecule has 0 saturated heterocycles. The smallest absolute Gasteiger partial charge is 0.341 e. The fourth-order valence-corrected chi connectivity index (χ4v) is 3.17. The van der Waals surface area contributed by atoms with E-state index in [1.165, 1.54) is 19.2 Å². The molecule has 0 saturated carbocycles. The molecule has 1 unspecified atom stereocenters. The molecule has 5 nitrogen and oxygen atoms in total. The average molecular weight is 360 g/mol. The van der Waals surface area contributed by atoms with Gasteiger partial charge in [0.2, 0.25) is 6.29 Å². The normalized spacial score (nSPS) is 18.8. The number of sulfone groups is 1. The van der Waals surface area contributed by atoms with Gasteiger partial charge in [-0.25, -0.2) is 13.2 Å². The third-order valence-corrected chi connectivity index (χ3v) is 4.87. The van der Waals surface area contributed by atoms with Crippen LogP contribution in [-0.4, -0.2) is 34.0 Å². The van der Waals surface area contributed by atoms with Crippen LogP contribution in [0.3, 0.4) is 0 Å². The molecule has 0 spiro atoms. The third kappa shape index (κ3) is 3.97. The lowest BCUT2D eigenvalue weighted by molar-refractivity contribution is -0.153. The number of carbonyl (C=O) groups is 1. The zero-order valence-electron chi connectivity index (χ0n) is 14.4. The first-order chi connectivity index (χ1) is 11.8. The highest BCUT2D eigenvalue weighted by atomic mass is 32.2. The molecule has 0 radical (unpaired) electrons. The summed E-state index contributed by atoms with van der Waals surface area (Å²) in [5.41, 5.74) is 2.28. The van der Waals surface area contributed by atoms with Crippen molar-refractivity contribution in [1.29, 1.82) is 0 Å². The van der Waals surface area contributed by atoms with Gasteiger partial charge in [-0.15, -0.1) is 0 Å². The molecule has 1 heterocycles. The summed E-state index contributed by atoms with van der Waals surface area (Å²) in [6.45, 7) is 5.44. The Balaban J connectivity index is 2.63. The fourth-order valence-electron chi connectivity index (χ4n) is 2.54. The van der Waals surface area contributed by atoms with E-state index in [-0.39, 0.29) is 4.90 Å². The maximum Gasteiger partial charge on any atom is 0.341 e. The largest absolute Gasteiger partial charge is 0.428 e. The number of hydrogen-bond acceptors (Lipinski definition) is 5. The van der Waals surface area contributed by atoms with Crippen LogP contribution in [0.1, 0.15) is 12.5 Å². The van der Waals surface area contributed by atoms with Crippen molar-refractivity contribution in [2.45, 2.75) is 18.1 Å². The van der Waals surface area contributed by atoms with Crippen LogP contribution >= 0.6 is 0 Å². The van der Waals surface area contributed by atoms with E-state index >= 15 is 0 Å². The number of hydrogen-bond donors (Lipinski definition) is 0. The maximum absolute atomic E-state index is 12.4. The minimum atomic E-state index is -3.30. The quantitative estimate of drug-likeness (QED) is 0.576.